The number of para-hydroxylation sites is 1. The number of hydrogen-bond donors (Lipinski definition) is 1. The Bertz CT molecular complexity index is 951. The fourth-order valence-corrected chi connectivity index (χ4v) is 3.60. The summed E-state index contributed by atoms with van der Waals surface area (Å²) in [6.07, 6.45) is 4.11. The van der Waals surface area contributed by atoms with Gasteiger partial charge < -0.3 is 19.5 Å². The van der Waals surface area contributed by atoms with Crippen molar-refractivity contribution in [2.24, 2.45) is 0 Å². The number of carbonyl (C=O) groups excluding carboxylic acids is 1. The number of aromatic nitrogens is 3. The van der Waals surface area contributed by atoms with E-state index < -0.39 is 0 Å². The number of benzene rings is 1. The van der Waals surface area contributed by atoms with Gasteiger partial charge in [0.1, 0.15) is 6.10 Å². The molecule has 1 aliphatic rings. The Morgan fingerprint density at radius 3 is 2.89 bits per heavy atom. The highest BCUT2D eigenvalue weighted by Crippen LogP contribution is 2.21. The van der Waals surface area contributed by atoms with Crippen molar-refractivity contribution in [3.63, 3.8) is 0 Å². The Morgan fingerprint density at radius 2 is 2.11 bits per heavy atom. The van der Waals surface area contributed by atoms with Crippen LogP contribution in [0.4, 0.5) is 5.82 Å². The van der Waals surface area contributed by atoms with Crippen LogP contribution in [0.15, 0.2) is 42.6 Å². The molecule has 3 aromatic rings. The zero-order valence-electron chi connectivity index (χ0n) is 16.3. The van der Waals surface area contributed by atoms with Crippen LogP contribution in [-0.4, -0.2) is 59.3 Å². The van der Waals surface area contributed by atoms with Gasteiger partial charge in [-0.2, -0.15) is 0 Å². The average Bonchev–Trinajstić information content (AvgIpc) is 3.11. The van der Waals surface area contributed by atoms with Gasteiger partial charge in [-0.15, -0.1) is 10.2 Å². The van der Waals surface area contributed by atoms with E-state index >= 15 is 0 Å². The van der Waals surface area contributed by atoms with Crippen molar-refractivity contribution in [1.29, 1.82) is 0 Å². The highest BCUT2D eigenvalue weighted by Gasteiger charge is 2.25. The largest absolute Gasteiger partial charge is 0.471 e. The molecule has 3 heterocycles. The molecule has 1 saturated heterocycles. The molecule has 28 heavy (non-hydrogen) atoms. The van der Waals surface area contributed by atoms with Crippen LogP contribution >= 0.6 is 0 Å². The van der Waals surface area contributed by atoms with Gasteiger partial charge in [-0.1, -0.05) is 18.2 Å². The predicted molar refractivity (Wildman–Crippen MR) is 109 cm³/mol. The van der Waals surface area contributed by atoms with E-state index in [-0.39, 0.29) is 12.0 Å². The van der Waals surface area contributed by atoms with Crippen molar-refractivity contribution in [1.82, 2.24) is 20.1 Å². The summed E-state index contributed by atoms with van der Waals surface area (Å²) >= 11 is 0. The number of nitrogens with one attached hydrogen (secondary N) is 1. The van der Waals surface area contributed by atoms with Crippen LogP contribution in [0.3, 0.4) is 0 Å². The van der Waals surface area contributed by atoms with Crippen molar-refractivity contribution < 1.29 is 9.53 Å². The maximum Gasteiger partial charge on any atom is 0.233 e. The molecule has 0 saturated carbocycles. The first-order valence-corrected chi connectivity index (χ1v) is 9.60. The van der Waals surface area contributed by atoms with Crippen LogP contribution < -0.4 is 9.64 Å². The maximum absolute atomic E-state index is 12.8. The number of H-pyrrole nitrogens is 1. The smallest absolute Gasteiger partial charge is 0.233 e. The third kappa shape index (κ3) is 3.93. The highest BCUT2D eigenvalue weighted by molar-refractivity contribution is 5.88. The van der Waals surface area contributed by atoms with Crippen LogP contribution in [0.2, 0.25) is 0 Å². The van der Waals surface area contributed by atoms with Crippen molar-refractivity contribution in [3.05, 3.63) is 48.2 Å². The van der Waals surface area contributed by atoms with Crippen LogP contribution in [-0.2, 0) is 11.2 Å². The van der Waals surface area contributed by atoms with Crippen LogP contribution in [0.5, 0.6) is 5.88 Å². The summed E-state index contributed by atoms with van der Waals surface area (Å²) in [7, 11) is 3.84. The Hall–Kier alpha value is -3.09. The summed E-state index contributed by atoms with van der Waals surface area (Å²) < 4.78 is 5.98. The number of ether oxygens (including phenoxy) is 1. The molecule has 1 N–H and O–H groups in total. The molecule has 1 aliphatic heterocycles. The van der Waals surface area contributed by atoms with Gasteiger partial charge in [0.25, 0.3) is 0 Å². The molecule has 1 amide bonds. The molecule has 7 heteroatoms. The second-order valence-corrected chi connectivity index (χ2v) is 7.38. The molecule has 2 aromatic heterocycles. The lowest BCUT2D eigenvalue weighted by atomic mass is 10.1. The van der Waals surface area contributed by atoms with Gasteiger partial charge in [0.2, 0.25) is 11.8 Å². The number of carbonyl (C=O) groups is 1. The van der Waals surface area contributed by atoms with E-state index in [0.29, 0.717) is 18.8 Å². The third-order valence-electron chi connectivity index (χ3n) is 5.12. The van der Waals surface area contributed by atoms with Crippen LogP contribution in [0.1, 0.15) is 18.4 Å². The fraction of sp³-hybridized carbons (Fsp3) is 0.381. The van der Waals surface area contributed by atoms with Gasteiger partial charge in [-0.05, 0) is 30.5 Å². The summed E-state index contributed by atoms with van der Waals surface area (Å²) in [6.45, 7) is 1.35. The van der Waals surface area contributed by atoms with E-state index in [1.807, 2.05) is 66.5 Å². The first-order valence-electron chi connectivity index (χ1n) is 9.60. The predicted octanol–water partition coefficient (Wildman–Crippen LogP) is 2.64. The second-order valence-electron chi connectivity index (χ2n) is 7.38. The molecule has 4 rings (SSSR count). The minimum atomic E-state index is -0.0554. The molecular weight excluding hydrogens is 354 g/mol. The molecular formula is C21H25N5O2. The standard InChI is InChI=1S/C21H25N5O2/c1-25(2)19-9-10-20(24-23-19)28-16-6-5-11-26(14-16)21(27)12-15-13-22-18-8-4-3-7-17(15)18/h3-4,7-10,13,16,22H,5-6,11-12,14H2,1-2H3. The van der Waals surface area contributed by atoms with Gasteiger partial charge in [0.05, 0.1) is 13.0 Å². The Morgan fingerprint density at radius 1 is 1.25 bits per heavy atom. The Labute approximate surface area is 164 Å². The molecule has 1 unspecified atom stereocenters. The summed E-state index contributed by atoms with van der Waals surface area (Å²) in [5.41, 5.74) is 2.10. The molecule has 146 valence electrons. The molecule has 0 bridgehead atoms. The van der Waals surface area contributed by atoms with Gasteiger partial charge in [0, 0.05) is 43.8 Å². The quantitative estimate of drug-likeness (QED) is 0.738. The van der Waals surface area contributed by atoms with E-state index in [9.17, 15) is 4.79 Å². The van der Waals surface area contributed by atoms with Gasteiger partial charge in [0.15, 0.2) is 5.82 Å². The van der Waals surface area contributed by atoms with Crippen molar-refractivity contribution in [2.75, 3.05) is 32.1 Å². The molecule has 1 fully saturated rings. The molecule has 0 radical (unpaired) electrons. The van der Waals surface area contributed by atoms with Crippen molar-refractivity contribution in [3.8, 4) is 5.88 Å². The van der Waals surface area contributed by atoms with E-state index in [1.54, 1.807) is 0 Å². The lowest BCUT2D eigenvalue weighted by molar-refractivity contribution is -0.133. The number of nitrogens with zero attached hydrogens (tertiary/aromatic N) is 4. The zero-order valence-corrected chi connectivity index (χ0v) is 16.3. The number of piperidine rings is 1. The lowest BCUT2D eigenvalue weighted by Gasteiger charge is -2.32. The van der Waals surface area contributed by atoms with E-state index in [1.165, 1.54) is 0 Å². The normalized spacial score (nSPS) is 16.9. The summed E-state index contributed by atoms with van der Waals surface area (Å²) in [5.74, 6) is 1.42. The third-order valence-corrected chi connectivity index (χ3v) is 5.12. The number of anilines is 1. The SMILES string of the molecule is CN(C)c1ccc(OC2CCCN(C(=O)Cc3c[nH]c4ccccc34)C2)nn1. The fourth-order valence-electron chi connectivity index (χ4n) is 3.60. The number of amides is 1. The van der Waals surface area contributed by atoms with Crippen molar-refractivity contribution in [2.45, 2.75) is 25.4 Å². The van der Waals surface area contributed by atoms with E-state index in [4.69, 9.17) is 4.74 Å². The van der Waals surface area contributed by atoms with Gasteiger partial charge >= 0.3 is 0 Å². The number of rotatable bonds is 5. The molecule has 1 atom stereocenters. The number of likely N-dealkylation sites (tertiary alicyclic amines) is 1. The van der Waals surface area contributed by atoms with Crippen LogP contribution in [0, 0.1) is 0 Å². The maximum atomic E-state index is 12.8. The number of aromatic amines is 1. The summed E-state index contributed by atoms with van der Waals surface area (Å²) in [5, 5.41) is 9.39. The van der Waals surface area contributed by atoms with Gasteiger partial charge in [-0.25, -0.2) is 0 Å². The summed E-state index contributed by atoms with van der Waals surface area (Å²) in [4.78, 5) is 19.9. The molecule has 1 aromatic carbocycles. The molecule has 0 spiro atoms. The van der Waals surface area contributed by atoms with Crippen molar-refractivity contribution >= 4 is 22.6 Å². The average molecular weight is 379 g/mol. The number of hydrogen-bond acceptors (Lipinski definition) is 5. The first kappa shape index (κ1) is 18.3. The van der Waals surface area contributed by atoms with Crippen LogP contribution in [0.25, 0.3) is 10.9 Å². The minimum Gasteiger partial charge on any atom is -0.471 e. The lowest BCUT2D eigenvalue weighted by Crippen LogP contribution is -2.45. The molecule has 7 nitrogen and oxygen atoms in total. The Kier molecular flexibility index (Phi) is 5.14. The monoisotopic (exact) mass is 379 g/mol. The number of fused-ring (bicyclic) bond motifs is 1. The molecule has 0 aliphatic carbocycles. The first-order chi connectivity index (χ1) is 13.6. The Balaban J connectivity index is 1.38. The summed E-state index contributed by atoms with van der Waals surface area (Å²) in [6, 6.07) is 11.8. The van der Waals surface area contributed by atoms with E-state index in [2.05, 4.69) is 15.2 Å². The van der Waals surface area contributed by atoms with Gasteiger partial charge in [-0.3, -0.25) is 4.79 Å². The minimum absolute atomic E-state index is 0.0554. The zero-order chi connectivity index (χ0) is 19.5. The second kappa shape index (κ2) is 7.88. The topological polar surface area (TPSA) is 74.3 Å². The highest BCUT2D eigenvalue weighted by atomic mass is 16.5. The van der Waals surface area contributed by atoms with E-state index in [0.717, 1.165) is 41.7 Å².